The molecular weight excluding hydrogens is 599 g/mol. The van der Waals surface area contributed by atoms with Gasteiger partial charge in [0.25, 0.3) is 0 Å². The van der Waals surface area contributed by atoms with E-state index in [1.165, 1.54) is 38.7 Å². The fourth-order valence-corrected chi connectivity index (χ4v) is 8.77. The molecule has 0 saturated heterocycles. The van der Waals surface area contributed by atoms with E-state index in [2.05, 4.69) is 123 Å². The molecule has 4 heteroatoms. The van der Waals surface area contributed by atoms with Crippen molar-refractivity contribution in [2.45, 2.75) is 57.9 Å². The van der Waals surface area contributed by atoms with Crippen molar-refractivity contribution in [2.75, 3.05) is 0 Å². The molecule has 49 heavy (non-hydrogen) atoms. The van der Waals surface area contributed by atoms with Gasteiger partial charge in [0.15, 0.2) is 0 Å². The predicted octanol–water partition coefficient (Wildman–Crippen LogP) is 11.0. The Balaban J connectivity index is 1.05. The third-order valence-electron chi connectivity index (χ3n) is 11.1. The summed E-state index contributed by atoms with van der Waals surface area (Å²) < 4.78 is 9.04. The number of allylic oxidation sites excluding steroid dienone is 8. The van der Waals surface area contributed by atoms with Crippen LogP contribution in [0.15, 0.2) is 142 Å². The zero-order chi connectivity index (χ0) is 33.5. The van der Waals surface area contributed by atoms with Crippen LogP contribution < -0.4 is 5.73 Å². The number of hydrogen-bond donors (Lipinski definition) is 1. The first-order valence-corrected chi connectivity index (χ1v) is 17.8. The molecule has 5 atom stereocenters. The molecule has 2 unspecified atom stereocenters. The van der Waals surface area contributed by atoms with Crippen LogP contribution in [0.4, 0.5) is 5.69 Å². The van der Waals surface area contributed by atoms with Crippen molar-refractivity contribution in [1.29, 1.82) is 0 Å². The second-order valence-electron chi connectivity index (χ2n) is 14.5. The third kappa shape index (κ3) is 5.53. The molecule has 246 valence electrons. The second-order valence-corrected chi connectivity index (χ2v) is 14.5. The van der Waals surface area contributed by atoms with Gasteiger partial charge in [0.05, 0.1) is 11.1 Å². The Kier molecular flexibility index (Phi) is 8.11. The Hall–Kier alpha value is -5.09. The van der Waals surface area contributed by atoms with Gasteiger partial charge in [0.1, 0.15) is 11.3 Å². The molecule has 0 spiro atoms. The van der Waals surface area contributed by atoms with Crippen LogP contribution in [0.1, 0.15) is 62.1 Å². The van der Waals surface area contributed by atoms with Gasteiger partial charge in [-0.15, -0.1) is 0 Å². The maximum atomic E-state index is 6.57. The summed E-state index contributed by atoms with van der Waals surface area (Å²) in [4.78, 5) is 4.70. The van der Waals surface area contributed by atoms with Crippen molar-refractivity contribution in [3.63, 3.8) is 0 Å². The van der Waals surface area contributed by atoms with Crippen molar-refractivity contribution in [1.82, 2.24) is 4.57 Å². The number of aliphatic imine (C=N–C) groups is 1. The van der Waals surface area contributed by atoms with Crippen LogP contribution in [-0.2, 0) is 18.4 Å². The van der Waals surface area contributed by atoms with E-state index in [0.29, 0.717) is 23.7 Å². The normalized spacial score (nSPS) is 25.4. The number of para-hydroxylation sites is 3. The zero-order valence-electron chi connectivity index (χ0n) is 28.7. The van der Waals surface area contributed by atoms with Gasteiger partial charge in [0.2, 0.25) is 0 Å². The lowest BCUT2D eigenvalue weighted by Gasteiger charge is -2.36. The van der Waals surface area contributed by atoms with Gasteiger partial charge >= 0.3 is 0 Å². The van der Waals surface area contributed by atoms with Crippen LogP contribution in [0.5, 0.6) is 0 Å². The lowest BCUT2D eigenvalue weighted by Crippen LogP contribution is -2.32. The molecule has 2 N–H and O–H groups in total. The van der Waals surface area contributed by atoms with Crippen LogP contribution in [0.3, 0.4) is 0 Å². The van der Waals surface area contributed by atoms with Gasteiger partial charge in [-0.25, -0.2) is 0 Å². The molecule has 0 aliphatic heterocycles. The van der Waals surface area contributed by atoms with Crippen molar-refractivity contribution < 1.29 is 4.42 Å². The summed E-state index contributed by atoms with van der Waals surface area (Å²) >= 11 is 0. The van der Waals surface area contributed by atoms with Crippen molar-refractivity contribution in [3.8, 4) is 0 Å². The minimum Gasteiger partial charge on any atom is -0.460 e. The van der Waals surface area contributed by atoms with Gasteiger partial charge < -0.3 is 14.7 Å². The molecule has 5 aromatic rings. The Morgan fingerprint density at radius 2 is 1.73 bits per heavy atom. The maximum Gasteiger partial charge on any atom is 0.134 e. The highest BCUT2D eigenvalue weighted by Crippen LogP contribution is 2.49. The average molecular weight is 644 g/mol. The molecule has 3 aliphatic carbocycles. The molecule has 0 fully saturated rings. The molecule has 8 rings (SSSR count). The van der Waals surface area contributed by atoms with Gasteiger partial charge in [-0.1, -0.05) is 105 Å². The summed E-state index contributed by atoms with van der Waals surface area (Å²) in [6, 6.07) is 27.5. The number of rotatable bonds is 7. The molecule has 4 nitrogen and oxygen atoms in total. The second kappa shape index (κ2) is 12.7. The molecule has 0 saturated carbocycles. The topological polar surface area (TPSA) is 56.5 Å². The minimum absolute atomic E-state index is 0.287. The summed E-state index contributed by atoms with van der Waals surface area (Å²) in [5.74, 6) is 2.61. The van der Waals surface area contributed by atoms with Crippen molar-refractivity contribution >= 4 is 39.9 Å². The predicted molar refractivity (Wildman–Crippen MR) is 205 cm³/mol. The smallest absolute Gasteiger partial charge is 0.134 e. The van der Waals surface area contributed by atoms with E-state index in [4.69, 9.17) is 15.1 Å². The number of aromatic nitrogens is 1. The number of nitrogens with two attached hydrogens (primary N) is 1. The fraction of sp³-hybridized carbons (Fsp3) is 0.267. The van der Waals surface area contributed by atoms with E-state index in [9.17, 15) is 0 Å². The molecule has 3 aromatic carbocycles. The van der Waals surface area contributed by atoms with Crippen LogP contribution in [0.25, 0.3) is 27.9 Å². The summed E-state index contributed by atoms with van der Waals surface area (Å²) in [7, 11) is 0. The highest BCUT2D eigenvalue weighted by Gasteiger charge is 2.41. The first-order chi connectivity index (χ1) is 23.9. The van der Waals surface area contributed by atoms with E-state index in [1.54, 1.807) is 6.20 Å². The molecule has 3 aliphatic rings. The molecule has 2 heterocycles. The highest BCUT2D eigenvalue weighted by atomic mass is 16.3. The molecular formula is C45H45N3O. The molecule has 2 aromatic heterocycles. The van der Waals surface area contributed by atoms with Crippen molar-refractivity contribution in [3.05, 3.63) is 155 Å². The first kappa shape index (κ1) is 31.2. The van der Waals surface area contributed by atoms with E-state index >= 15 is 0 Å². The zero-order valence-corrected chi connectivity index (χ0v) is 28.7. The monoisotopic (exact) mass is 643 g/mol. The number of nitrogens with zero attached hydrogens (tertiary/aromatic N) is 2. The van der Waals surface area contributed by atoms with Crippen LogP contribution in [0, 0.1) is 17.8 Å². The van der Waals surface area contributed by atoms with E-state index < -0.39 is 0 Å². The summed E-state index contributed by atoms with van der Waals surface area (Å²) in [5.41, 5.74) is 15.9. The summed E-state index contributed by atoms with van der Waals surface area (Å²) in [6.45, 7) is 7.80. The Labute approximate surface area is 289 Å². The van der Waals surface area contributed by atoms with Gasteiger partial charge in [-0.05, 0) is 91.3 Å². The average Bonchev–Trinajstić information content (AvgIpc) is 3.67. The molecule has 0 bridgehead atoms. The van der Waals surface area contributed by atoms with Crippen LogP contribution >= 0.6 is 0 Å². The van der Waals surface area contributed by atoms with E-state index in [0.717, 1.165) is 48.4 Å². The Morgan fingerprint density at radius 1 is 0.959 bits per heavy atom. The lowest BCUT2D eigenvalue weighted by atomic mass is 9.67. The Bertz CT molecular complexity index is 2200. The number of fused-ring (bicyclic) bond motifs is 6. The summed E-state index contributed by atoms with van der Waals surface area (Å²) in [6.07, 6.45) is 23.2. The number of furan rings is 1. The maximum absolute atomic E-state index is 6.57. The largest absolute Gasteiger partial charge is 0.460 e. The molecule has 0 radical (unpaired) electrons. The first-order valence-electron chi connectivity index (χ1n) is 17.8. The van der Waals surface area contributed by atoms with E-state index in [1.807, 2.05) is 30.3 Å². The van der Waals surface area contributed by atoms with Crippen LogP contribution in [-0.4, -0.2) is 10.8 Å². The summed E-state index contributed by atoms with van der Waals surface area (Å²) in [5, 5.41) is 2.58. The fourth-order valence-electron chi connectivity index (χ4n) is 8.77. The lowest BCUT2D eigenvalue weighted by molar-refractivity contribution is 0.313. The number of hydrogen-bond acceptors (Lipinski definition) is 3. The quantitative estimate of drug-likeness (QED) is 0.142. The van der Waals surface area contributed by atoms with Gasteiger partial charge in [-0.2, -0.15) is 0 Å². The number of benzene rings is 3. The van der Waals surface area contributed by atoms with E-state index in [-0.39, 0.29) is 5.41 Å². The standard InChI is InChI=1S/C45H45N3O/c1-30-26-39-37-15-8-10-18-42(37)49-44(39)45(3,27-30)34(28-46)12-11-25-48-40-17-9-7-16-38(40)43-31(2)36(23-24-41(43)48)33-21-19-32(20-22-33)29-47-35-13-5-4-6-14-35/h4-19,21-24,28-32,36H,20,25-27,46H2,1-3H3/b12-11-,34-28+,47-29+/t30-,31+,32?,36?,45-/m1/s1. The minimum atomic E-state index is -0.287. The highest BCUT2D eigenvalue weighted by molar-refractivity contribution is 5.90. The third-order valence-corrected chi connectivity index (χ3v) is 11.1. The Morgan fingerprint density at radius 3 is 2.53 bits per heavy atom. The van der Waals surface area contributed by atoms with Gasteiger partial charge in [0, 0.05) is 52.1 Å². The van der Waals surface area contributed by atoms with Crippen molar-refractivity contribution in [2.24, 2.45) is 28.5 Å². The van der Waals surface area contributed by atoms with Crippen LogP contribution in [0.2, 0.25) is 0 Å². The SMILES string of the molecule is C[C@@H]1Cc2c(oc3ccccc23)[C@@](C)(C(/C=C\Cn2c3c(c4ccccc42)[C@@H](C)C(C2=CCC(/C=N/c4ccccc4)C=C2)C=C3)=C/N)C1. The van der Waals surface area contributed by atoms with Gasteiger partial charge in [-0.3, -0.25) is 4.99 Å². The molecule has 0 amide bonds.